The molecule has 0 spiro atoms. The summed E-state index contributed by atoms with van der Waals surface area (Å²) in [5, 5.41) is 3.41. The van der Waals surface area contributed by atoms with E-state index in [-0.39, 0.29) is 34.2 Å². The molecule has 2 aromatic rings. The van der Waals surface area contributed by atoms with Crippen LogP contribution in [0.5, 0.6) is 0 Å². The number of aryl methyl sites for hydroxylation is 1. The fourth-order valence-electron chi connectivity index (χ4n) is 1.75. The van der Waals surface area contributed by atoms with Crippen molar-refractivity contribution in [1.29, 1.82) is 0 Å². The maximum atomic E-state index is 13.9. The number of rotatable bonds is 3. The van der Waals surface area contributed by atoms with E-state index in [4.69, 9.17) is 20.9 Å². The van der Waals surface area contributed by atoms with Gasteiger partial charge in [-0.15, -0.1) is 0 Å². The van der Waals surface area contributed by atoms with Crippen molar-refractivity contribution in [2.24, 2.45) is 0 Å². The summed E-state index contributed by atoms with van der Waals surface area (Å²) in [6, 6.07) is 1.58. The number of nitrogens with zero attached hydrogens (tertiary/aromatic N) is 1. The summed E-state index contributed by atoms with van der Waals surface area (Å²) in [7, 11) is 0. The van der Waals surface area contributed by atoms with Crippen LogP contribution in [0.1, 0.15) is 23.0 Å². The minimum Gasteiger partial charge on any atom is -0.462 e. The molecule has 0 saturated carbocycles. The number of ether oxygens (including phenoxy) is 1. The van der Waals surface area contributed by atoms with E-state index in [1.54, 1.807) is 6.92 Å². The molecule has 0 bridgehead atoms. The van der Waals surface area contributed by atoms with Gasteiger partial charge >= 0.3 is 5.97 Å². The second-order valence-corrected chi connectivity index (χ2v) is 4.33. The summed E-state index contributed by atoms with van der Waals surface area (Å²) in [4.78, 5) is 11.8. The zero-order chi connectivity index (χ0) is 14.9. The predicted octanol–water partition coefficient (Wildman–Crippen LogP) is 3.76. The molecule has 0 atom stereocenters. The van der Waals surface area contributed by atoms with Gasteiger partial charge in [-0.05, 0) is 19.9 Å². The van der Waals surface area contributed by atoms with Gasteiger partial charge in [0.1, 0.15) is 28.7 Å². The summed E-state index contributed by atoms with van der Waals surface area (Å²) < 4.78 is 36.7. The van der Waals surface area contributed by atoms with Crippen LogP contribution < -0.4 is 0 Å². The molecule has 0 aliphatic carbocycles. The molecule has 0 N–H and O–H groups in total. The van der Waals surface area contributed by atoms with Crippen LogP contribution in [0, 0.1) is 18.6 Å². The largest absolute Gasteiger partial charge is 0.462 e. The average molecular weight is 302 g/mol. The van der Waals surface area contributed by atoms with Crippen molar-refractivity contribution in [2.45, 2.75) is 13.8 Å². The number of aromatic nitrogens is 1. The van der Waals surface area contributed by atoms with Gasteiger partial charge in [-0.1, -0.05) is 16.8 Å². The maximum absolute atomic E-state index is 13.9. The van der Waals surface area contributed by atoms with Crippen molar-refractivity contribution < 1.29 is 22.8 Å². The van der Waals surface area contributed by atoms with E-state index in [0.29, 0.717) is 6.07 Å². The molecule has 106 valence electrons. The molecular formula is C13H10ClF2NO3. The Bertz CT molecular complexity index is 647. The Balaban J connectivity index is 2.63. The summed E-state index contributed by atoms with van der Waals surface area (Å²) in [6.45, 7) is 3.26. The number of hydrogen-bond donors (Lipinski definition) is 0. The molecule has 1 aromatic heterocycles. The van der Waals surface area contributed by atoms with E-state index in [2.05, 4.69) is 5.16 Å². The number of carbonyl (C=O) groups is 1. The minimum atomic E-state index is -0.936. The number of esters is 1. The molecule has 0 aliphatic heterocycles. The van der Waals surface area contributed by atoms with E-state index < -0.39 is 17.6 Å². The minimum absolute atomic E-state index is 0.0285. The van der Waals surface area contributed by atoms with Crippen LogP contribution in [0.3, 0.4) is 0 Å². The van der Waals surface area contributed by atoms with Crippen LogP contribution in [0.15, 0.2) is 16.7 Å². The quantitative estimate of drug-likeness (QED) is 0.810. The molecule has 20 heavy (non-hydrogen) atoms. The Morgan fingerprint density at radius 1 is 1.45 bits per heavy atom. The average Bonchev–Trinajstić information content (AvgIpc) is 2.70. The molecule has 0 unspecified atom stereocenters. The Morgan fingerprint density at radius 3 is 2.75 bits per heavy atom. The lowest BCUT2D eigenvalue weighted by atomic mass is 10.1. The van der Waals surface area contributed by atoms with E-state index in [1.807, 2.05) is 0 Å². The third-order valence-corrected chi connectivity index (χ3v) is 2.88. The second-order valence-electron chi connectivity index (χ2n) is 3.93. The van der Waals surface area contributed by atoms with Crippen LogP contribution in [-0.4, -0.2) is 17.7 Å². The molecule has 0 radical (unpaired) electrons. The van der Waals surface area contributed by atoms with Gasteiger partial charge in [-0.2, -0.15) is 0 Å². The van der Waals surface area contributed by atoms with Crippen molar-refractivity contribution in [3.05, 3.63) is 40.1 Å². The summed E-state index contributed by atoms with van der Waals surface area (Å²) in [5.74, 6) is -2.30. The number of benzene rings is 1. The highest BCUT2D eigenvalue weighted by molar-refractivity contribution is 6.33. The first-order valence-corrected chi connectivity index (χ1v) is 6.11. The SMILES string of the molecule is CCOC(=O)c1c(-c2c(F)cc(F)cc2Cl)noc1C. The van der Waals surface area contributed by atoms with Crippen molar-refractivity contribution in [1.82, 2.24) is 5.16 Å². The molecule has 1 aromatic carbocycles. The van der Waals surface area contributed by atoms with E-state index in [9.17, 15) is 13.6 Å². The Hall–Kier alpha value is -1.95. The van der Waals surface area contributed by atoms with Gasteiger partial charge in [-0.3, -0.25) is 0 Å². The van der Waals surface area contributed by atoms with Gasteiger partial charge in [0.2, 0.25) is 0 Å². The number of carbonyl (C=O) groups excluding carboxylic acids is 1. The Labute approximate surface area is 118 Å². The van der Waals surface area contributed by atoms with Crippen molar-refractivity contribution in [3.8, 4) is 11.3 Å². The first-order chi connectivity index (χ1) is 9.45. The van der Waals surface area contributed by atoms with E-state index in [1.165, 1.54) is 6.92 Å². The summed E-state index contributed by atoms with van der Waals surface area (Å²) in [5.41, 5.74) is -0.337. The normalized spacial score (nSPS) is 10.7. The molecule has 0 amide bonds. The zero-order valence-electron chi connectivity index (χ0n) is 10.7. The molecular weight excluding hydrogens is 292 g/mol. The highest BCUT2D eigenvalue weighted by Crippen LogP contribution is 2.34. The molecule has 2 rings (SSSR count). The van der Waals surface area contributed by atoms with E-state index in [0.717, 1.165) is 6.07 Å². The van der Waals surface area contributed by atoms with Gasteiger partial charge in [-0.25, -0.2) is 13.6 Å². The second kappa shape index (κ2) is 5.58. The highest BCUT2D eigenvalue weighted by atomic mass is 35.5. The summed E-state index contributed by atoms with van der Waals surface area (Å²) >= 11 is 5.82. The van der Waals surface area contributed by atoms with Gasteiger partial charge in [0.25, 0.3) is 0 Å². The van der Waals surface area contributed by atoms with Crippen LogP contribution in [0.25, 0.3) is 11.3 Å². The smallest absolute Gasteiger partial charge is 0.344 e. The van der Waals surface area contributed by atoms with Gasteiger partial charge in [0.05, 0.1) is 17.2 Å². The fourth-order valence-corrected chi connectivity index (χ4v) is 2.04. The fraction of sp³-hybridized carbons (Fsp3) is 0.231. The van der Waals surface area contributed by atoms with Crippen LogP contribution in [-0.2, 0) is 4.74 Å². The van der Waals surface area contributed by atoms with Gasteiger partial charge < -0.3 is 9.26 Å². The lowest BCUT2D eigenvalue weighted by Gasteiger charge is -2.06. The topological polar surface area (TPSA) is 52.3 Å². The number of halogens is 3. The van der Waals surface area contributed by atoms with Gasteiger partial charge in [0, 0.05) is 6.07 Å². The lowest BCUT2D eigenvalue weighted by molar-refractivity contribution is 0.0525. The Morgan fingerprint density at radius 2 is 2.15 bits per heavy atom. The first kappa shape index (κ1) is 14.5. The molecule has 4 nitrogen and oxygen atoms in total. The third-order valence-electron chi connectivity index (χ3n) is 2.59. The maximum Gasteiger partial charge on any atom is 0.344 e. The van der Waals surface area contributed by atoms with Crippen molar-refractivity contribution >= 4 is 17.6 Å². The van der Waals surface area contributed by atoms with Crippen LogP contribution in [0.2, 0.25) is 5.02 Å². The van der Waals surface area contributed by atoms with Gasteiger partial charge in [0.15, 0.2) is 0 Å². The standard InChI is InChI=1S/C13H10ClF2NO3/c1-3-19-13(18)10-6(2)20-17-12(10)11-8(14)4-7(15)5-9(11)16/h4-5H,3H2,1-2H3. The van der Waals surface area contributed by atoms with Crippen molar-refractivity contribution in [3.63, 3.8) is 0 Å². The molecule has 1 heterocycles. The first-order valence-electron chi connectivity index (χ1n) is 5.74. The molecule has 0 fully saturated rings. The monoisotopic (exact) mass is 301 g/mol. The number of hydrogen-bond acceptors (Lipinski definition) is 4. The van der Waals surface area contributed by atoms with Crippen LogP contribution >= 0.6 is 11.6 Å². The lowest BCUT2D eigenvalue weighted by Crippen LogP contribution is -2.07. The highest BCUT2D eigenvalue weighted by Gasteiger charge is 2.26. The third kappa shape index (κ3) is 2.51. The molecule has 0 saturated heterocycles. The zero-order valence-corrected chi connectivity index (χ0v) is 11.4. The summed E-state index contributed by atoms with van der Waals surface area (Å²) in [6.07, 6.45) is 0. The molecule has 0 aliphatic rings. The Kier molecular flexibility index (Phi) is 4.04. The van der Waals surface area contributed by atoms with E-state index >= 15 is 0 Å². The van der Waals surface area contributed by atoms with Crippen LogP contribution in [0.4, 0.5) is 8.78 Å². The molecule has 7 heteroatoms. The van der Waals surface area contributed by atoms with Crippen molar-refractivity contribution in [2.75, 3.05) is 6.61 Å². The predicted molar refractivity (Wildman–Crippen MR) is 67.6 cm³/mol.